The normalized spacial score (nSPS) is 16.1. The number of carboxylic acids is 1. The second-order valence-corrected chi connectivity index (χ2v) is 12.1. The monoisotopic (exact) mass is 578 g/mol. The summed E-state index contributed by atoms with van der Waals surface area (Å²) >= 11 is 2.66. The van der Waals surface area contributed by atoms with Crippen LogP contribution in [0.4, 0.5) is 0 Å². The maximum atomic E-state index is 13.1. The molecular weight excluding hydrogens is 540 g/mol. The summed E-state index contributed by atoms with van der Waals surface area (Å²) in [7, 11) is 1.79. The molecule has 0 radical (unpaired) electrons. The van der Waals surface area contributed by atoms with Crippen LogP contribution in [0.15, 0.2) is 17.0 Å². The van der Waals surface area contributed by atoms with E-state index in [2.05, 4.69) is 15.3 Å². The van der Waals surface area contributed by atoms with Gasteiger partial charge in [0.05, 0.1) is 10.9 Å². The van der Waals surface area contributed by atoms with Gasteiger partial charge in [0.25, 0.3) is 5.91 Å². The van der Waals surface area contributed by atoms with E-state index in [0.717, 1.165) is 11.4 Å². The number of hydrogen-bond acceptors (Lipinski definition) is 9. The molecule has 1 saturated carbocycles. The molecule has 1 fully saturated rings. The molecule has 0 saturated heterocycles. The van der Waals surface area contributed by atoms with Crippen molar-refractivity contribution < 1.29 is 29.0 Å². The van der Waals surface area contributed by atoms with Crippen LogP contribution >= 0.6 is 22.7 Å². The highest BCUT2D eigenvalue weighted by Crippen LogP contribution is 2.34. The lowest BCUT2D eigenvalue weighted by atomic mass is 9.99. The summed E-state index contributed by atoms with van der Waals surface area (Å²) in [5.74, 6) is -1.73. The molecule has 39 heavy (non-hydrogen) atoms. The van der Waals surface area contributed by atoms with E-state index in [1.165, 1.54) is 42.4 Å². The van der Waals surface area contributed by atoms with Gasteiger partial charge in [0, 0.05) is 62.3 Å². The van der Waals surface area contributed by atoms with E-state index in [1.807, 2.05) is 12.3 Å². The molecule has 10 nitrogen and oxygen atoms in total. The minimum Gasteiger partial charge on any atom is -0.481 e. The van der Waals surface area contributed by atoms with Gasteiger partial charge in [-0.25, -0.2) is 9.97 Å². The smallest absolute Gasteiger partial charge is 0.306 e. The molecule has 2 N–H and O–H groups in total. The van der Waals surface area contributed by atoms with Gasteiger partial charge in [0.1, 0.15) is 10.7 Å². The third kappa shape index (κ3) is 9.68. The van der Waals surface area contributed by atoms with Crippen molar-refractivity contribution in [2.75, 3.05) is 7.05 Å². The Kier molecular flexibility index (Phi) is 11.4. The summed E-state index contributed by atoms with van der Waals surface area (Å²) in [6, 6.07) is -0.591. The summed E-state index contributed by atoms with van der Waals surface area (Å²) in [6.45, 7) is 4.92. The zero-order valence-corrected chi connectivity index (χ0v) is 24.6. The van der Waals surface area contributed by atoms with Gasteiger partial charge in [-0.15, -0.1) is 22.7 Å². The number of ether oxygens (including phenoxy) is 1. The average Bonchev–Trinajstić information content (AvgIpc) is 3.33. The standard InChI is InChI=1S/C27H38N4O6S2/c1-5-20(31(4)24(33)9-8-18-6-7-18)14-22(37-17(3)32)26-30-21(15-39-26)25(34)29-19(12-16(2)27(35)36)13-23-28-10-11-38-23/h10-11,15-16,18-20,22H,5-9,12-14H2,1-4H3,(H,29,34)(H,35,36)/t16-,19+,20-,22+/m0/s1. The molecule has 2 heterocycles. The number of hydrogen-bond donors (Lipinski definition) is 2. The molecule has 4 atom stereocenters. The number of thiazole rings is 2. The van der Waals surface area contributed by atoms with E-state index in [0.29, 0.717) is 36.6 Å². The number of carbonyl (C=O) groups excluding carboxylic acids is 3. The quantitative estimate of drug-likeness (QED) is 0.278. The van der Waals surface area contributed by atoms with Crippen LogP contribution in [0.3, 0.4) is 0 Å². The molecule has 1 aliphatic carbocycles. The number of carboxylic acid groups (broad SMARTS) is 1. The van der Waals surface area contributed by atoms with E-state index < -0.39 is 35.9 Å². The zero-order chi connectivity index (χ0) is 28.5. The van der Waals surface area contributed by atoms with Gasteiger partial charge in [-0.05, 0) is 25.2 Å². The molecule has 12 heteroatoms. The molecule has 0 aliphatic heterocycles. The van der Waals surface area contributed by atoms with Gasteiger partial charge in [-0.3, -0.25) is 19.2 Å². The lowest BCUT2D eigenvalue weighted by molar-refractivity contribution is -0.148. The topological polar surface area (TPSA) is 139 Å². The van der Waals surface area contributed by atoms with Crippen molar-refractivity contribution >= 4 is 46.4 Å². The Labute approximate surface area is 237 Å². The van der Waals surface area contributed by atoms with Gasteiger partial charge in [0.2, 0.25) is 5.91 Å². The highest BCUT2D eigenvalue weighted by Gasteiger charge is 2.30. The largest absolute Gasteiger partial charge is 0.481 e. The van der Waals surface area contributed by atoms with Crippen molar-refractivity contribution in [2.24, 2.45) is 11.8 Å². The van der Waals surface area contributed by atoms with Crippen LogP contribution in [-0.2, 0) is 25.5 Å². The van der Waals surface area contributed by atoms with Gasteiger partial charge in [-0.1, -0.05) is 26.7 Å². The van der Waals surface area contributed by atoms with Crippen LogP contribution in [0.5, 0.6) is 0 Å². The Balaban J connectivity index is 1.69. The van der Waals surface area contributed by atoms with E-state index in [1.54, 1.807) is 30.4 Å². The summed E-state index contributed by atoms with van der Waals surface area (Å²) in [5, 5.41) is 17.0. The summed E-state index contributed by atoms with van der Waals surface area (Å²) in [4.78, 5) is 59.7. The first kappa shape index (κ1) is 30.7. The van der Waals surface area contributed by atoms with E-state index in [4.69, 9.17) is 4.74 Å². The van der Waals surface area contributed by atoms with Crippen molar-refractivity contribution in [3.63, 3.8) is 0 Å². The first-order chi connectivity index (χ1) is 18.6. The molecule has 0 spiro atoms. The Bertz CT molecular complexity index is 1120. The van der Waals surface area contributed by atoms with E-state index in [9.17, 15) is 24.3 Å². The average molecular weight is 579 g/mol. The lowest BCUT2D eigenvalue weighted by Gasteiger charge is -2.30. The first-order valence-corrected chi connectivity index (χ1v) is 15.1. The van der Waals surface area contributed by atoms with Crippen LogP contribution in [-0.4, -0.2) is 62.9 Å². The first-order valence-electron chi connectivity index (χ1n) is 13.4. The Morgan fingerprint density at radius 1 is 1.23 bits per heavy atom. The highest BCUT2D eigenvalue weighted by molar-refractivity contribution is 7.10. The fraction of sp³-hybridized carbons (Fsp3) is 0.630. The fourth-order valence-electron chi connectivity index (χ4n) is 4.44. The maximum Gasteiger partial charge on any atom is 0.306 e. The minimum atomic E-state index is -0.935. The number of nitrogens with zero attached hydrogens (tertiary/aromatic N) is 3. The van der Waals surface area contributed by atoms with E-state index >= 15 is 0 Å². The molecule has 3 rings (SSSR count). The van der Waals surface area contributed by atoms with Crippen LogP contribution in [0.1, 0.15) is 92.3 Å². The van der Waals surface area contributed by atoms with Crippen molar-refractivity contribution in [1.82, 2.24) is 20.2 Å². The highest BCUT2D eigenvalue weighted by atomic mass is 32.1. The molecule has 2 aromatic heterocycles. The van der Waals surface area contributed by atoms with Crippen molar-refractivity contribution in [3.05, 3.63) is 32.7 Å². The number of aliphatic carboxylic acids is 1. The Hall–Kier alpha value is -2.86. The fourth-order valence-corrected chi connectivity index (χ4v) is 5.98. The number of carbonyl (C=O) groups is 4. The summed E-state index contributed by atoms with van der Waals surface area (Å²) < 4.78 is 5.60. The van der Waals surface area contributed by atoms with Crippen molar-refractivity contribution in [1.29, 1.82) is 0 Å². The summed E-state index contributed by atoms with van der Waals surface area (Å²) in [5.41, 5.74) is 0.168. The molecule has 0 bridgehead atoms. The predicted octanol–water partition coefficient (Wildman–Crippen LogP) is 4.47. The molecular formula is C27H38N4O6S2. The third-order valence-electron chi connectivity index (χ3n) is 7.00. The molecule has 214 valence electrons. The van der Waals surface area contributed by atoms with E-state index in [-0.39, 0.29) is 24.1 Å². The van der Waals surface area contributed by atoms with Crippen molar-refractivity contribution in [3.8, 4) is 0 Å². The van der Waals surface area contributed by atoms with Gasteiger partial charge in [-0.2, -0.15) is 0 Å². The Morgan fingerprint density at radius 3 is 2.56 bits per heavy atom. The third-order valence-corrected chi connectivity index (χ3v) is 8.74. The van der Waals surface area contributed by atoms with Gasteiger partial charge < -0.3 is 20.1 Å². The van der Waals surface area contributed by atoms with Crippen LogP contribution < -0.4 is 5.32 Å². The molecule has 0 unspecified atom stereocenters. The minimum absolute atomic E-state index is 0.0800. The lowest BCUT2D eigenvalue weighted by Crippen LogP contribution is -2.39. The second-order valence-electron chi connectivity index (χ2n) is 10.2. The van der Waals surface area contributed by atoms with Crippen LogP contribution in [0.2, 0.25) is 0 Å². The number of esters is 1. The van der Waals surface area contributed by atoms with Crippen LogP contribution in [0, 0.1) is 11.8 Å². The van der Waals surface area contributed by atoms with Crippen molar-refractivity contribution in [2.45, 2.75) is 90.3 Å². The molecule has 0 aromatic carbocycles. The number of amides is 2. The number of nitrogens with one attached hydrogen (secondary N) is 1. The number of aromatic nitrogens is 2. The number of rotatable bonds is 16. The SMILES string of the molecule is CC[C@@H](C[C@@H](OC(C)=O)c1nc(C(=O)N[C@@H](Cc2nccs2)C[C@H](C)C(=O)O)cs1)N(C)C(=O)CCC1CC1. The van der Waals surface area contributed by atoms with Gasteiger partial charge >= 0.3 is 11.9 Å². The van der Waals surface area contributed by atoms with Crippen LogP contribution in [0.25, 0.3) is 0 Å². The maximum absolute atomic E-state index is 13.1. The van der Waals surface area contributed by atoms with Gasteiger partial charge in [0.15, 0.2) is 6.10 Å². The second kappa shape index (κ2) is 14.5. The molecule has 2 amide bonds. The predicted molar refractivity (Wildman–Crippen MR) is 149 cm³/mol. The molecule has 1 aliphatic rings. The zero-order valence-electron chi connectivity index (χ0n) is 22.9. The Morgan fingerprint density at radius 2 is 1.97 bits per heavy atom. The molecule has 2 aromatic rings. The summed E-state index contributed by atoms with van der Waals surface area (Å²) in [6.07, 6.45) is 6.51.